The Bertz CT molecular complexity index is 562. The minimum Gasteiger partial charge on any atom is -0.367 e. The molecular weight excluding hydrogens is 272 g/mol. The van der Waals surface area contributed by atoms with Gasteiger partial charge in [0.05, 0.1) is 11.1 Å². The fourth-order valence-corrected chi connectivity index (χ4v) is 2.60. The number of nitrogens with zero attached hydrogens (tertiary/aromatic N) is 3. The van der Waals surface area contributed by atoms with Gasteiger partial charge in [-0.25, -0.2) is 9.50 Å². The van der Waals surface area contributed by atoms with E-state index in [0.717, 1.165) is 23.4 Å². The van der Waals surface area contributed by atoms with Crippen LogP contribution in [-0.2, 0) is 0 Å². The molecule has 2 aromatic rings. The number of alkyl halides is 1. The lowest BCUT2D eigenvalue weighted by molar-refractivity contribution is 0.572. The van der Waals surface area contributed by atoms with Crippen LogP contribution in [0.15, 0.2) is 18.5 Å². The van der Waals surface area contributed by atoms with Gasteiger partial charge in [-0.05, 0) is 24.3 Å². The van der Waals surface area contributed by atoms with Crippen LogP contribution >= 0.6 is 11.6 Å². The Balaban J connectivity index is 2.13. The quantitative estimate of drug-likeness (QED) is 0.821. The Morgan fingerprint density at radius 1 is 1.30 bits per heavy atom. The monoisotopic (exact) mass is 294 g/mol. The fourth-order valence-electron chi connectivity index (χ4n) is 2.16. The molecule has 0 saturated heterocycles. The lowest BCUT2D eigenvalue weighted by Crippen LogP contribution is -2.17. The van der Waals surface area contributed by atoms with Crippen molar-refractivity contribution in [3.63, 3.8) is 0 Å². The van der Waals surface area contributed by atoms with E-state index in [1.54, 1.807) is 6.20 Å². The van der Waals surface area contributed by atoms with Gasteiger partial charge in [0, 0.05) is 18.9 Å². The van der Waals surface area contributed by atoms with Gasteiger partial charge in [0.15, 0.2) is 5.82 Å². The Morgan fingerprint density at radius 3 is 2.70 bits per heavy atom. The topological polar surface area (TPSA) is 42.2 Å². The molecule has 5 heteroatoms. The van der Waals surface area contributed by atoms with Crippen molar-refractivity contribution < 1.29 is 0 Å². The summed E-state index contributed by atoms with van der Waals surface area (Å²) in [5.41, 5.74) is 2.08. The number of hydrogen-bond donors (Lipinski definition) is 1. The van der Waals surface area contributed by atoms with E-state index < -0.39 is 0 Å². The number of hydrogen-bond acceptors (Lipinski definition) is 3. The molecule has 0 aliphatic heterocycles. The predicted molar refractivity (Wildman–Crippen MR) is 84.7 cm³/mol. The molecule has 0 bridgehead atoms. The maximum atomic E-state index is 6.32. The fraction of sp³-hybridized carbons (Fsp3) is 0.600. The molecule has 0 radical (unpaired) electrons. The van der Waals surface area contributed by atoms with Crippen LogP contribution in [-0.4, -0.2) is 26.5 Å². The molecular formula is C15H23ClN4. The van der Waals surface area contributed by atoms with E-state index in [9.17, 15) is 0 Å². The Morgan fingerprint density at radius 2 is 2.05 bits per heavy atom. The number of aromatic nitrogens is 3. The zero-order valence-electron chi connectivity index (χ0n) is 12.6. The maximum absolute atomic E-state index is 6.32. The van der Waals surface area contributed by atoms with Crippen LogP contribution in [0, 0.1) is 5.92 Å². The van der Waals surface area contributed by atoms with Gasteiger partial charge in [-0.3, -0.25) is 0 Å². The average molecular weight is 295 g/mol. The van der Waals surface area contributed by atoms with Crippen molar-refractivity contribution in [2.75, 3.05) is 11.9 Å². The van der Waals surface area contributed by atoms with Crippen LogP contribution in [0.2, 0.25) is 0 Å². The van der Waals surface area contributed by atoms with Crippen molar-refractivity contribution in [3.05, 3.63) is 24.2 Å². The molecule has 0 aliphatic carbocycles. The predicted octanol–water partition coefficient (Wildman–Crippen LogP) is 3.92. The first-order valence-corrected chi connectivity index (χ1v) is 7.63. The summed E-state index contributed by atoms with van der Waals surface area (Å²) >= 11 is 6.32. The first-order valence-electron chi connectivity index (χ1n) is 7.19. The molecule has 0 amide bonds. The highest BCUT2D eigenvalue weighted by Gasteiger charge is 2.12. The van der Waals surface area contributed by atoms with Gasteiger partial charge in [0.2, 0.25) is 0 Å². The van der Waals surface area contributed by atoms with Crippen molar-refractivity contribution >= 4 is 22.9 Å². The zero-order valence-corrected chi connectivity index (χ0v) is 13.4. The van der Waals surface area contributed by atoms with Crippen molar-refractivity contribution in [1.29, 1.82) is 0 Å². The Hall–Kier alpha value is -1.29. The van der Waals surface area contributed by atoms with Crippen LogP contribution in [0.1, 0.15) is 45.7 Å². The van der Waals surface area contributed by atoms with Crippen molar-refractivity contribution in [2.24, 2.45) is 5.92 Å². The third-order valence-electron chi connectivity index (χ3n) is 3.22. The minimum atomic E-state index is 0.115. The summed E-state index contributed by atoms with van der Waals surface area (Å²) in [4.78, 5) is 4.40. The molecule has 4 nitrogen and oxygen atoms in total. The highest BCUT2D eigenvalue weighted by atomic mass is 35.5. The number of anilines is 1. The van der Waals surface area contributed by atoms with E-state index in [0.29, 0.717) is 18.4 Å². The van der Waals surface area contributed by atoms with Crippen molar-refractivity contribution in [2.45, 2.75) is 45.4 Å². The van der Waals surface area contributed by atoms with E-state index in [1.165, 1.54) is 0 Å². The van der Waals surface area contributed by atoms with E-state index in [4.69, 9.17) is 11.6 Å². The normalized spacial score (nSPS) is 13.3. The summed E-state index contributed by atoms with van der Waals surface area (Å²) in [6.07, 6.45) is 4.63. The Labute approximate surface area is 125 Å². The van der Waals surface area contributed by atoms with Crippen LogP contribution in [0.4, 0.5) is 5.82 Å². The smallest absolute Gasteiger partial charge is 0.152 e. The van der Waals surface area contributed by atoms with Gasteiger partial charge in [-0.2, -0.15) is 5.10 Å². The van der Waals surface area contributed by atoms with Gasteiger partial charge in [0.1, 0.15) is 5.52 Å². The molecule has 0 fully saturated rings. The zero-order chi connectivity index (χ0) is 14.7. The standard InChI is InChI=1S/C15H23ClN4/c1-10(2)7-12(16)9-18-15-14-8-13(11(3)4)19-20(14)6-5-17-15/h5-6,8,10-12H,7,9H2,1-4H3,(H,17,18). The summed E-state index contributed by atoms with van der Waals surface area (Å²) < 4.78 is 1.87. The largest absolute Gasteiger partial charge is 0.367 e. The van der Waals surface area contributed by atoms with Crippen molar-refractivity contribution in [3.8, 4) is 0 Å². The van der Waals surface area contributed by atoms with Gasteiger partial charge >= 0.3 is 0 Å². The third-order valence-corrected chi connectivity index (χ3v) is 3.55. The first kappa shape index (κ1) is 15.1. The second kappa shape index (κ2) is 6.44. The highest BCUT2D eigenvalue weighted by Crippen LogP contribution is 2.20. The van der Waals surface area contributed by atoms with Crippen molar-refractivity contribution in [1.82, 2.24) is 14.6 Å². The van der Waals surface area contributed by atoms with E-state index >= 15 is 0 Å². The second-order valence-electron chi connectivity index (χ2n) is 5.94. The van der Waals surface area contributed by atoms with Gasteiger partial charge < -0.3 is 5.32 Å². The lowest BCUT2D eigenvalue weighted by atomic mass is 10.1. The van der Waals surface area contributed by atoms with E-state index in [1.807, 2.05) is 10.7 Å². The molecule has 0 saturated carbocycles. The SMILES string of the molecule is CC(C)CC(Cl)CNc1nccn2nc(C(C)C)cc12. The highest BCUT2D eigenvalue weighted by molar-refractivity contribution is 6.20. The summed E-state index contributed by atoms with van der Waals surface area (Å²) in [5, 5.41) is 8.01. The molecule has 110 valence electrons. The van der Waals surface area contributed by atoms with Crippen LogP contribution in [0.3, 0.4) is 0 Å². The van der Waals surface area contributed by atoms with Gasteiger partial charge in [0.25, 0.3) is 0 Å². The summed E-state index contributed by atoms with van der Waals surface area (Å²) in [6, 6.07) is 2.09. The van der Waals surface area contributed by atoms with Crippen LogP contribution in [0.5, 0.6) is 0 Å². The Kier molecular flexibility index (Phi) is 4.86. The average Bonchev–Trinajstić information content (AvgIpc) is 2.80. The van der Waals surface area contributed by atoms with Crippen LogP contribution < -0.4 is 5.32 Å². The van der Waals surface area contributed by atoms with Crippen LogP contribution in [0.25, 0.3) is 5.52 Å². The molecule has 1 atom stereocenters. The molecule has 1 unspecified atom stereocenters. The number of halogens is 1. The van der Waals surface area contributed by atoms with E-state index in [-0.39, 0.29) is 5.38 Å². The first-order chi connectivity index (χ1) is 9.47. The van der Waals surface area contributed by atoms with Gasteiger partial charge in [-0.1, -0.05) is 27.7 Å². The molecule has 2 rings (SSSR count). The molecule has 0 aliphatic rings. The molecule has 2 aromatic heterocycles. The number of nitrogens with one attached hydrogen (secondary N) is 1. The molecule has 2 heterocycles. The summed E-state index contributed by atoms with van der Waals surface area (Å²) in [5.74, 6) is 1.86. The second-order valence-corrected chi connectivity index (χ2v) is 6.55. The number of fused-ring (bicyclic) bond motifs is 1. The van der Waals surface area contributed by atoms with E-state index in [2.05, 4.69) is 49.2 Å². The minimum absolute atomic E-state index is 0.115. The molecule has 0 spiro atoms. The lowest BCUT2D eigenvalue weighted by Gasteiger charge is -2.13. The molecule has 1 N–H and O–H groups in total. The third kappa shape index (κ3) is 3.63. The molecule has 20 heavy (non-hydrogen) atoms. The summed E-state index contributed by atoms with van der Waals surface area (Å²) in [6.45, 7) is 9.36. The maximum Gasteiger partial charge on any atom is 0.152 e. The number of rotatable bonds is 6. The summed E-state index contributed by atoms with van der Waals surface area (Å²) in [7, 11) is 0. The van der Waals surface area contributed by atoms with Gasteiger partial charge in [-0.15, -0.1) is 11.6 Å². The molecule has 0 aromatic carbocycles.